The molecule has 0 fully saturated rings. The molecule has 1 aliphatic carbocycles. The number of ether oxygens (including phenoxy) is 1. The molecule has 0 heterocycles. The number of anilines is 1. The summed E-state index contributed by atoms with van der Waals surface area (Å²) in [5, 5.41) is 3.56. The molecule has 0 bridgehead atoms. The van der Waals surface area contributed by atoms with Crippen LogP contribution in [0.2, 0.25) is 0 Å². The number of fused-ring (bicyclic) bond motifs is 1. The van der Waals surface area contributed by atoms with Crippen LogP contribution in [0.15, 0.2) is 36.4 Å². The van der Waals surface area contributed by atoms with Crippen molar-refractivity contribution in [3.8, 4) is 5.75 Å². The van der Waals surface area contributed by atoms with E-state index < -0.39 is 0 Å². The molecule has 0 aliphatic heterocycles. The van der Waals surface area contributed by atoms with E-state index in [4.69, 9.17) is 4.74 Å². The van der Waals surface area contributed by atoms with Crippen LogP contribution >= 0.6 is 0 Å². The number of rotatable bonds is 3. The van der Waals surface area contributed by atoms with Crippen LogP contribution in [-0.2, 0) is 6.42 Å². The minimum Gasteiger partial charge on any atom is -0.497 e. The number of nitrogens with one attached hydrogen (secondary N) is 1. The van der Waals surface area contributed by atoms with Crippen molar-refractivity contribution in [3.63, 3.8) is 0 Å². The normalized spacial score (nSPS) is 17.2. The zero-order valence-corrected chi connectivity index (χ0v) is 12.4. The van der Waals surface area contributed by atoms with Crippen molar-refractivity contribution in [1.29, 1.82) is 0 Å². The Hall–Kier alpha value is -2.03. The van der Waals surface area contributed by atoms with E-state index in [0.717, 1.165) is 36.3 Å². The van der Waals surface area contributed by atoms with E-state index in [9.17, 15) is 4.39 Å². The van der Waals surface area contributed by atoms with Gasteiger partial charge < -0.3 is 10.1 Å². The second-order valence-corrected chi connectivity index (χ2v) is 5.61. The van der Waals surface area contributed by atoms with Gasteiger partial charge in [0.25, 0.3) is 0 Å². The lowest BCUT2D eigenvalue weighted by molar-refractivity contribution is 0.413. The average molecular weight is 285 g/mol. The molecule has 2 aromatic rings. The summed E-state index contributed by atoms with van der Waals surface area (Å²) in [6.45, 7) is 1.93. The van der Waals surface area contributed by atoms with E-state index in [1.54, 1.807) is 13.2 Å². The van der Waals surface area contributed by atoms with Crippen LogP contribution in [0.5, 0.6) is 5.75 Å². The molecule has 21 heavy (non-hydrogen) atoms. The molecule has 3 heteroatoms. The first-order chi connectivity index (χ1) is 10.2. The Morgan fingerprint density at radius 1 is 1.19 bits per heavy atom. The molecular weight excluding hydrogens is 265 g/mol. The van der Waals surface area contributed by atoms with E-state index in [-0.39, 0.29) is 11.9 Å². The molecule has 1 aliphatic rings. The van der Waals surface area contributed by atoms with Gasteiger partial charge in [-0.1, -0.05) is 6.07 Å². The fraction of sp³-hybridized carbons (Fsp3) is 0.333. The maximum absolute atomic E-state index is 13.2. The third kappa shape index (κ3) is 2.87. The van der Waals surface area contributed by atoms with Crippen molar-refractivity contribution < 1.29 is 9.13 Å². The van der Waals surface area contributed by atoms with Crippen LogP contribution in [0.4, 0.5) is 10.1 Å². The van der Waals surface area contributed by atoms with E-state index in [2.05, 4.69) is 17.4 Å². The monoisotopic (exact) mass is 285 g/mol. The highest BCUT2D eigenvalue weighted by molar-refractivity contribution is 5.53. The molecule has 2 nitrogen and oxygen atoms in total. The number of hydrogen-bond donors (Lipinski definition) is 1. The van der Waals surface area contributed by atoms with Gasteiger partial charge in [-0.25, -0.2) is 4.39 Å². The SMILES string of the molecule is COc1ccc2c(c1)C(Nc1ccc(F)cc1C)CCC2. The predicted octanol–water partition coefficient (Wildman–Crippen LogP) is 4.63. The Labute approximate surface area is 125 Å². The summed E-state index contributed by atoms with van der Waals surface area (Å²) in [6.07, 6.45) is 3.36. The standard InChI is InChI=1S/C18H20FNO/c1-12-10-14(19)7-9-17(12)20-18-5-3-4-13-6-8-15(21-2)11-16(13)18/h6-11,18,20H,3-5H2,1-2H3. The summed E-state index contributed by atoms with van der Waals surface area (Å²) in [7, 11) is 1.69. The number of hydrogen-bond acceptors (Lipinski definition) is 2. The van der Waals surface area contributed by atoms with Gasteiger partial charge in [-0.2, -0.15) is 0 Å². The minimum absolute atomic E-state index is 0.191. The lowest BCUT2D eigenvalue weighted by Gasteiger charge is -2.28. The number of aryl methyl sites for hydroxylation is 2. The molecule has 0 amide bonds. The van der Waals surface area contributed by atoms with Gasteiger partial charge in [0.1, 0.15) is 11.6 Å². The number of halogens is 1. The molecular formula is C18H20FNO. The molecule has 1 N–H and O–H groups in total. The topological polar surface area (TPSA) is 21.3 Å². The van der Waals surface area contributed by atoms with Gasteiger partial charge in [0, 0.05) is 5.69 Å². The van der Waals surface area contributed by atoms with Crippen LogP contribution in [0.3, 0.4) is 0 Å². The molecule has 0 spiro atoms. The van der Waals surface area contributed by atoms with Crippen molar-refractivity contribution in [2.75, 3.05) is 12.4 Å². The molecule has 1 atom stereocenters. The third-order valence-electron chi connectivity index (χ3n) is 4.19. The van der Waals surface area contributed by atoms with Crippen LogP contribution in [0.25, 0.3) is 0 Å². The Bertz CT molecular complexity index is 654. The number of benzene rings is 2. The quantitative estimate of drug-likeness (QED) is 0.887. The van der Waals surface area contributed by atoms with Crippen molar-refractivity contribution in [2.45, 2.75) is 32.2 Å². The smallest absolute Gasteiger partial charge is 0.123 e. The molecule has 3 rings (SSSR count). The van der Waals surface area contributed by atoms with Crippen LogP contribution < -0.4 is 10.1 Å². The van der Waals surface area contributed by atoms with Gasteiger partial charge in [0.2, 0.25) is 0 Å². The lowest BCUT2D eigenvalue weighted by Crippen LogP contribution is -2.18. The summed E-state index contributed by atoms with van der Waals surface area (Å²) in [6, 6.07) is 11.4. The molecule has 110 valence electrons. The van der Waals surface area contributed by atoms with Gasteiger partial charge in [-0.05, 0) is 73.2 Å². The second kappa shape index (κ2) is 5.76. The molecule has 0 saturated heterocycles. The van der Waals surface area contributed by atoms with Crippen molar-refractivity contribution >= 4 is 5.69 Å². The van der Waals surface area contributed by atoms with Crippen molar-refractivity contribution in [3.05, 3.63) is 58.9 Å². The Kier molecular flexibility index (Phi) is 3.82. The van der Waals surface area contributed by atoms with E-state index in [1.165, 1.54) is 17.2 Å². The second-order valence-electron chi connectivity index (χ2n) is 5.61. The lowest BCUT2D eigenvalue weighted by atomic mass is 9.87. The summed E-state index contributed by atoms with van der Waals surface area (Å²) in [5.41, 5.74) is 4.60. The predicted molar refractivity (Wildman–Crippen MR) is 83.4 cm³/mol. The number of methoxy groups -OCH3 is 1. The summed E-state index contributed by atoms with van der Waals surface area (Å²) >= 11 is 0. The van der Waals surface area contributed by atoms with E-state index >= 15 is 0 Å². The van der Waals surface area contributed by atoms with Crippen LogP contribution in [0, 0.1) is 12.7 Å². The summed E-state index contributed by atoms with van der Waals surface area (Å²) < 4.78 is 18.6. The highest BCUT2D eigenvalue weighted by Gasteiger charge is 2.21. The average Bonchev–Trinajstić information content (AvgIpc) is 2.50. The fourth-order valence-electron chi connectivity index (χ4n) is 3.03. The van der Waals surface area contributed by atoms with Gasteiger partial charge in [0.05, 0.1) is 13.2 Å². The Morgan fingerprint density at radius 3 is 2.81 bits per heavy atom. The first-order valence-electron chi connectivity index (χ1n) is 7.37. The molecule has 0 aromatic heterocycles. The van der Waals surface area contributed by atoms with Crippen LogP contribution in [-0.4, -0.2) is 7.11 Å². The van der Waals surface area contributed by atoms with Gasteiger partial charge in [-0.15, -0.1) is 0 Å². The minimum atomic E-state index is -0.191. The first-order valence-corrected chi connectivity index (χ1v) is 7.37. The fourth-order valence-corrected chi connectivity index (χ4v) is 3.03. The maximum atomic E-state index is 13.2. The third-order valence-corrected chi connectivity index (χ3v) is 4.19. The molecule has 0 saturated carbocycles. The van der Waals surface area contributed by atoms with E-state index in [1.807, 2.05) is 19.1 Å². The molecule has 1 unspecified atom stereocenters. The Balaban J connectivity index is 1.90. The zero-order valence-electron chi connectivity index (χ0n) is 12.4. The van der Waals surface area contributed by atoms with Gasteiger partial charge in [-0.3, -0.25) is 0 Å². The van der Waals surface area contributed by atoms with E-state index in [0.29, 0.717) is 0 Å². The Morgan fingerprint density at radius 2 is 2.05 bits per heavy atom. The van der Waals surface area contributed by atoms with Crippen molar-refractivity contribution in [1.82, 2.24) is 0 Å². The highest BCUT2D eigenvalue weighted by atomic mass is 19.1. The van der Waals surface area contributed by atoms with Gasteiger partial charge >= 0.3 is 0 Å². The van der Waals surface area contributed by atoms with Crippen molar-refractivity contribution in [2.24, 2.45) is 0 Å². The maximum Gasteiger partial charge on any atom is 0.123 e. The summed E-state index contributed by atoms with van der Waals surface area (Å²) in [5.74, 6) is 0.696. The van der Waals surface area contributed by atoms with Crippen LogP contribution in [0.1, 0.15) is 35.6 Å². The highest BCUT2D eigenvalue weighted by Crippen LogP contribution is 2.35. The molecule has 0 radical (unpaired) electrons. The largest absolute Gasteiger partial charge is 0.497 e. The first kappa shape index (κ1) is 13.9. The molecule has 2 aromatic carbocycles. The zero-order chi connectivity index (χ0) is 14.8. The van der Waals surface area contributed by atoms with Gasteiger partial charge in [0.15, 0.2) is 0 Å². The summed E-state index contributed by atoms with van der Waals surface area (Å²) in [4.78, 5) is 0.